The van der Waals surface area contributed by atoms with Crippen molar-refractivity contribution in [1.82, 2.24) is 19.8 Å². The Labute approximate surface area is 159 Å². The van der Waals surface area contributed by atoms with E-state index in [2.05, 4.69) is 15.3 Å². The van der Waals surface area contributed by atoms with Crippen LogP contribution in [0.1, 0.15) is 5.56 Å². The summed E-state index contributed by atoms with van der Waals surface area (Å²) >= 11 is 1.28. The summed E-state index contributed by atoms with van der Waals surface area (Å²) in [5.41, 5.74) is 1.21. The molecule has 0 saturated carbocycles. The number of carbonyl (C=O) groups is 1. The number of benzene rings is 1. The monoisotopic (exact) mass is 391 g/mol. The van der Waals surface area contributed by atoms with E-state index in [0.717, 1.165) is 17.0 Å². The smallest absolute Gasteiger partial charge is 0.319 e. The molecule has 0 saturated heterocycles. The van der Waals surface area contributed by atoms with Crippen LogP contribution in [-0.2, 0) is 6.54 Å². The van der Waals surface area contributed by atoms with Crippen LogP contribution < -0.4 is 5.32 Å². The molecule has 3 aromatic rings. The zero-order valence-corrected chi connectivity index (χ0v) is 15.8. The fourth-order valence-corrected chi connectivity index (χ4v) is 3.22. The van der Waals surface area contributed by atoms with Gasteiger partial charge in [-0.15, -0.1) is 0 Å². The number of anilines is 1. The van der Waals surface area contributed by atoms with E-state index >= 15 is 0 Å². The summed E-state index contributed by atoms with van der Waals surface area (Å²) in [7, 11) is 3.79. The second-order valence-electron chi connectivity index (χ2n) is 6.25. The van der Waals surface area contributed by atoms with Gasteiger partial charge in [-0.3, -0.25) is 5.32 Å². The van der Waals surface area contributed by atoms with Gasteiger partial charge in [-0.1, -0.05) is 17.4 Å². The lowest BCUT2D eigenvalue weighted by atomic mass is 10.2. The zero-order valence-electron chi connectivity index (χ0n) is 14.9. The van der Waals surface area contributed by atoms with E-state index in [1.807, 2.05) is 25.1 Å². The zero-order chi connectivity index (χ0) is 19.4. The van der Waals surface area contributed by atoms with Gasteiger partial charge in [0.15, 0.2) is 16.8 Å². The minimum atomic E-state index is -0.933. The van der Waals surface area contributed by atoms with Gasteiger partial charge in [0.1, 0.15) is 10.3 Å². The number of pyridine rings is 1. The molecule has 9 heteroatoms. The number of aromatic nitrogens is 2. The quantitative estimate of drug-likeness (QED) is 0.698. The van der Waals surface area contributed by atoms with Crippen molar-refractivity contribution in [1.29, 1.82) is 0 Å². The van der Waals surface area contributed by atoms with Crippen LogP contribution in [0.5, 0.6) is 0 Å². The lowest BCUT2D eigenvalue weighted by molar-refractivity contribution is 0.202. The second kappa shape index (κ2) is 8.36. The molecule has 0 radical (unpaired) electrons. The van der Waals surface area contributed by atoms with E-state index in [1.54, 1.807) is 12.3 Å². The molecule has 0 spiro atoms. The van der Waals surface area contributed by atoms with E-state index < -0.39 is 11.6 Å². The number of nitrogens with one attached hydrogen (secondary N) is 1. The first-order chi connectivity index (χ1) is 12.9. The van der Waals surface area contributed by atoms with Crippen molar-refractivity contribution >= 4 is 32.8 Å². The van der Waals surface area contributed by atoms with E-state index in [9.17, 15) is 13.6 Å². The topological polar surface area (TPSA) is 61.4 Å². The minimum absolute atomic E-state index is 0.153. The van der Waals surface area contributed by atoms with Crippen LogP contribution in [0.4, 0.5) is 18.7 Å². The van der Waals surface area contributed by atoms with Crippen molar-refractivity contribution in [2.75, 3.05) is 32.5 Å². The molecule has 0 aliphatic heterocycles. The number of amides is 2. The molecule has 2 heterocycles. The predicted octanol–water partition coefficient (Wildman–Crippen LogP) is 3.57. The van der Waals surface area contributed by atoms with Crippen molar-refractivity contribution in [2.24, 2.45) is 0 Å². The highest BCUT2D eigenvalue weighted by Crippen LogP contribution is 2.24. The molecule has 0 bridgehead atoms. The highest BCUT2D eigenvalue weighted by Gasteiger charge is 2.17. The Hall–Kier alpha value is -2.65. The Balaban J connectivity index is 1.75. The molecule has 3 rings (SSSR count). The lowest BCUT2D eigenvalue weighted by Gasteiger charge is -2.24. The first-order valence-corrected chi connectivity index (χ1v) is 9.10. The number of carbonyl (C=O) groups excluding carboxylic acids is 1. The van der Waals surface area contributed by atoms with Gasteiger partial charge >= 0.3 is 6.03 Å². The highest BCUT2D eigenvalue weighted by atomic mass is 32.1. The fourth-order valence-electron chi connectivity index (χ4n) is 2.43. The molecule has 0 aliphatic rings. The van der Waals surface area contributed by atoms with Crippen LogP contribution in [0.2, 0.25) is 0 Å². The van der Waals surface area contributed by atoms with Crippen molar-refractivity contribution in [3.05, 3.63) is 53.7 Å². The van der Waals surface area contributed by atoms with E-state index in [0.29, 0.717) is 29.3 Å². The van der Waals surface area contributed by atoms with Gasteiger partial charge in [0.2, 0.25) is 0 Å². The summed E-state index contributed by atoms with van der Waals surface area (Å²) in [6, 6.07) is 6.87. The Kier molecular flexibility index (Phi) is 5.92. The van der Waals surface area contributed by atoms with Crippen LogP contribution in [0, 0.1) is 11.6 Å². The van der Waals surface area contributed by atoms with Gasteiger partial charge in [-0.2, -0.15) is 0 Å². The average molecular weight is 391 g/mol. The van der Waals surface area contributed by atoms with E-state index in [4.69, 9.17) is 0 Å². The standard InChI is InChI=1S/C18H19F2N5OS/c1-24(2)8-9-25(11-12-5-6-13(19)14(20)10-12)18(26)23-17-22-15-4-3-7-21-16(15)27-17/h3-7,10H,8-9,11H2,1-2H3,(H,22,23,26). The normalized spacial score (nSPS) is 11.1. The van der Waals surface area contributed by atoms with Crippen molar-refractivity contribution in [2.45, 2.75) is 6.54 Å². The lowest BCUT2D eigenvalue weighted by Crippen LogP contribution is -2.39. The van der Waals surface area contributed by atoms with E-state index in [-0.39, 0.29) is 12.6 Å². The molecule has 0 atom stereocenters. The number of hydrogen-bond acceptors (Lipinski definition) is 5. The van der Waals surface area contributed by atoms with Crippen molar-refractivity contribution < 1.29 is 13.6 Å². The third-order valence-corrected chi connectivity index (χ3v) is 4.74. The van der Waals surface area contributed by atoms with Crippen LogP contribution in [0.25, 0.3) is 10.3 Å². The Bertz CT molecular complexity index is 913. The van der Waals surface area contributed by atoms with Crippen LogP contribution in [0.15, 0.2) is 36.5 Å². The third-order valence-electron chi connectivity index (χ3n) is 3.84. The number of fused-ring (bicyclic) bond motifs is 1. The van der Waals surface area contributed by atoms with Crippen molar-refractivity contribution in [3.8, 4) is 0 Å². The molecule has 0 fully saturated rings. The van der Waals surface area contributed by atoms with Gasteiger partial charge in [0.05, 0.1) is 0 Å². The molecule has 2 amide bonds. The molecule has 27 heavy (non-hydrogen) atoms. The summed E-state index contributed by atoms with van der Waals surface area (Å²) in [5.74, 6) is -1.84. The summed E-state index contributed by atoms with van der Waals surface area (Å²) in [6.45, 7) is 1.19. The van der Waals surface area contributed by atoms with Crippen LogP contribution in [0.3, 0.4) is 0 Å². The van der Waals surface area contributed by atoms with Gasteiger partial charge in [-0.25, -0.2) is 23.5 Å². The first-order valence-electron chi connectivity index (χ1n) is 8.28. The molecular weight excluding hydrogens is 372 g/mol. The average Bonchev–Trinajstić information content (AvgIpc) is 3.03. The van der Waals surface area contributed by atoms with Gasteiger partial charge in [-0.05, 0) is 43.9 Å². The Morgan fingerprint density at radius 1 is 1.19 bits per heavy atom. The number of nitrogens with zero attached hydrogens (tertiary/aromatic N) is 4. The SMILES string of the molecule is CN(C)CCN(Cc1ccc(F)c(F)c1)C(=O)Nc1nc2cccnc2s1. The summed E-state index contributed by atoms with van der Waals surface area (Å²) in [4.78, 5) is 25.5. The molecule has 1 aromatic carbocycles. The van der Waals surface area contributed by atoms with E-state index in [1.165, 1.54) is 22.3 Å². The number of likely N-dealkylation sites (N-methyl/N-ethyl adjacent to an activating group) is 1. The maximum Gasteiger partial charge on any atom is 0.323 e. The largest absolute Gasteiger partial charge is 0.323 e. The first kappa shape index (κ1) is 19.1. The Morgan fingerprint density at radius 2 is 2.00 bits per heavy atom. The number of halogens is 2. The number of hydrogen-bond donors (Lipinski definition) is 1. The van der Waals surface area contributed by atoms with Gasteiger partial charge in [0.25, 0.3) is 0 Å². The maximum absolute atomic E-state index is 13.5. The number of thiazole rings is 1. The number of urea groups is 1. The molecule has 1 N–H and O–H groups in total. The molecule has 0 aliphatic carbocycles. The Morgan fingerprint density at radius 3 is 2.70 bits per heavy atom. The van der Waals surface area contributed by atoms with Crippen LogP contribution in [-0.4, -0.2) is 53.0 Å². The maximum atomic E-state index is 13.5. The molecule has 6 nitrogen and oxygen atoms in total. The highest BCUT2D eigenvalue weighted by molar-refractivity contribution is 7.21. The fraction of sp³-hybridized carbons (Fsp3) is 0.278. The van der Waals surface area contributed by atoms with Gasteiger partial charge in [0, 0.05) is 25.8 Å². The third kappa shape index (κ3) is 4.95. The molecule has 0 unspecified atom stereocenters. The summed E-state index contributed by atoms with van der Waals surface area (Å²) in [6.07, 6.45) is 1.67. The summed E-state index contributed by atoms with van der Waals surface area (Å²) in [5, 5.41) is 3.21. The predicted molar refractivity (Wildman–Crippen MR) is 102 cm³/mol. The second-order valence-corrected chi connectivity index (χ2v) is 7.23. The van der Waals surface area contributed by atoms with Crippen LogP contribution >= 0.6 is 11.3 Å². The molecule has 142 valence electrons. The molecular formula is C18H19F2N5OS. The minimum Gasteiger partial charge on any atom is -0.319 e. The molecule has 2 aromatic heterocycles. The summed E-state index contributed by atoms with van der Waals surface area (Å²) < 4.78 is 26.6. The number of rotatable bonds is 6. The van der Waals surface area contributed by atoms with Gasteiger partial charge < -0.3 is 9.80 Å². The van der Waals surface area contributed by atoms with Crippen molar-refractivity contribution in [3.63, 3.8) is 0 Å².